The Bertz CT molecular complexity index is 1120. The van der Waals surface area contributed by atoms with E-state index in [1.165, 1.54) is 43.8 Å². The first kappa shape index (κ1) is 28.6. The van der Waals surface area contributed by atoms with Gasteiger partial charge in [-0.05, 0) is 0 Å². The van der Waals surface area contributed by atoms with E-state index in [1.54, 1.807) is 0 Å². The number of hydrogen-bond donors (Lipinski definition) is 0. The quantitative estimate of drug-likeness (QED) is 0.227. The standard InChI is InChI=1S/2C13H9.C2H6Si.2ClH.Zr/c2*1-2-6-12-10(4-1)8-9-11-5-3-7-13(11)12;1-3-2;;;/h2*1-4,6,8-9H,5H2;1-2H3;2*1H;/q2*-1;;;;+4/p-2. The average Bonchev–Trinajstić information content (AvgIpc) is 3.44. The van der Waals surface area contributed by atoms with E-state index in [1.807, 2.05) is 0 Å². The van der Waals surface area contributed by atoms with Gasteiger partial charge >= 0.3 is 26.2 Å². The summed E-state index contributed by atoms with van der Waals surface area (Å²) in [6, 6.07) is 25.7. The van der Waals surface area contributed by atoms with Crippen LogP contribution in [0.2, 0.25) is 13.1 Å². The van der Waals surface area contributed by atoms with Crippen LogP contribution in [0, 0.1) is 12.2 Å². The summed E-state index contributed by atoms with van der Waals surface area (Å²) in [5, 5.41) is 5.27. The molecule has 0 spiro atoms. The number of benzene rings is 4. The van der Waals surface area contributed by atoms with Crippen LogP contribution in [0.1, 0.15) is 22.3 Å². The van der Waals surface area contributed by atoms with Crippen molar-refractivity contribution in [2.75, 3.05) is 0 Å². The molecule has 0 aromatic heterocycles. The molecule has 0 saturated carbocycles. The van der Waals surface area contributed by atoms with Gasteiger partial charge in [0.25, 0.3) is 0 Å². The summed E-state index contributed by atoms with van der Waals surface area (Å²) in [5.74, 6) is 0. The Morgan fingerprint density at radius 1 is 0.594 bits per heavy atom. The van der Waals surface area contributed by atoms with Gasteiger partial charge in [0.1, 0.15) is 0 Å². The number of rotatable bonds is 0. The van der Waals surface area contributed by atoms with E-state index in [9.17, 15) is 0 Å². The van der Waals surface area contributed by atoms with E-state index in [0.717, 1.165) is 22.4 Å². The zero-order valence-corrected chi connectivity index (χ0v) is 23.2. The smallest absolute Gasteiger partial charge is 1.00 e. The van der Waals surface area contributed by atoms with Crippen LogP contribution in [0.5, 0.6) is 0 Å². The summed E-state index contributed by atoms with van der Waals surface area (Å²) in [6.07, 6.45) is 12.9. The third-order valence-electron chi connectivity index (χ3n) is 5.17. The minimum atomic E-state index is 0. The van der Waals surface area contributed by atoms with Gasteiger partial charge in [-0.3, -0.25) is 0 Å². The van der Waals surface area contributed by atoms with Gasteiger partial charge in [-0.25, -0.2) is 0 Å². The Morgan fingerprint density at radius 2 is 0.969 bits per heavy atom. The van der Waals surface area contributed by atoms with Crippen molar-refractivity contribution in [3.63, 3.8) is 0 Å². The van der Waals surface area contributed by atoms with Gasteiger partial charge < -0.3 is 24.8 Å². The maximum absolute atomic E-state index is 3.32. The summed E-state index contributed by atoms with van der Waals surface area (Å²) >= 11 is 0. The zero-order valence-electron chi connectivity index (χ0n) is 18.3. The van der Waals surface area contributed by atoms with E-state index in [0.29, 0.717) is 0 Å². The van der Waals surface area contributed by atoms with Gasteiger partial charge in [0.15, 0.2) is 0 Å². The summed E-state index contributed by atoms with van der Waals surface area (Å²) in [6.45, 7) is 4.31. The molecule has 4 aromatic carbocycles. The van der Waals surface area contributed by atoms with Crippen LogP contribution < -0.4 is 24.8 Å². The first-order valence-corrected chi connectivity index (χ1v) is 12.1. The predicted molar refractivity (Wildman–Crippen MR) is 127 cm³/mol. The number of hydrogen-bond acceptors (Lipinski definition) is 0. The van der Waals surface area contributed by atoms with Crippen molar-refractivity contribution in [2.45, 2.75) is 25.9 Å². The fourth-order valence-corrected chi connectivity index (χ4v) is 3.84. The fourth-order valence-electron chi connectivity index (χ4n) is 3.84. The normalized spacial score (nSPS) is 11.6. The molecule has 0 saturated heterocycles. The van der Waals surface area contributed by atoms with Gasteiger partial charge in [-0.1, -0.05) is 85.2 Å². The molecule has 32 heavy (non-hydrogen) atoms. The molecule has 0 bridgehead atoms. The molecule has 4 heteroatoms. The van der Waals surface area contributed by atoms with E-state index in [-0.39, 0.29) is 51.0 Å². The molecule has 0 N–H and O–H groups in total. The van der Waals surface area contributed by atoms with E-state index in [4.69, 9.17) is 0 Å². The molecule has 0 heterocycles. The molecule has 2 aliphatic carbocycles. The monoisotopic (exact) mass is 548 g/mol. The molecular weight excluding hydrogens is 527 g/mol. The van der Waals surface area contributed by atoms with Crippen LogP contribution in [0.3, 0.4) is 0 Å². The molecular formula is C28H24Cl2SiZr. The minimum absolute atomic E-state index is 0. The Balaban J connectivity index is 0.000000264. The molecule has 0 atom stereocenters. The maximum atomic E-state index is 3.32. The first-order chi connectivity index (χ1) is 14.3. The van der Waals surface area contributed by atoms with Crippen molar-refractivity contribution < 1.29 is 51.0 Å². The molecule has 2 radical (unpaired) electrons. The second kappa shape index (κ2) is 14.0. The maximum Gasteiger partial charge on any atom is 4.00 e. The fraction of sp³-hybridized carbons (Fsp3) is 0.143. The van der Waals surface area contributed by atoms with Crippen molar-refractivity contribution in [2.24, 2.45) is 0 Å². The third kappa shape index (κ3) is 6.33. The van der Waals surface area contributed by atoms with Crippen molar-refractivity contribution in [3.8, 4) is 0 Å². The number of fused-ring (bicyclic) bond motifs is 6. The van der Waals surface area contributed by atoms with Crippen LogP contribution in [0.4, 0.5) is 0 Å². The second-order valence-corrected chi connectivity index (χ2v) is 8.25. The summed E-state index contributed by atoms with van der Waals surface area (Å²) in [5.41, 5.74) is 5.38. The van der Waals surface area contributed by atoms with E-state index < -0.39 is 0 Å². The van der Waals surface area contributed by atoms with Gasteiger partial charge in [0.2, 0.25) is 0 Å². The SMILES string of the molecule is C[Si]C.[C-]1=CCc2ccc3ccccc3c21.[C-]1=CCc2ccc3ccccc3c21.[Cl-].[Cl-].[Zr+4]. The van der Waals surface area contributed by atoms with Gasteiger partial charge in [0.05, 0.1) is 0 Å². The van der Waals surface area contributed by atoms with Crippen LogP contribution >= 0.6 is 0 Å². The van der Waals surface area contributed by atoms with Crippen LogP contribution in [0.25, 0.3) is 21.5 Å². The molecule has 2 aliphatic rings. The number of allylic oxidation sites excluding steroid dienone is 2. The molecule has 158 valence electrons. The van der Waals surface area contributed by atoms with E-state index >= 15 is 0 Å². The molecule has 4 aromatic rings. The molecule has 0 nitrogen and oxygen atoms in total. The van der Waals surface area contributed by atoms with Crippen LogP contribution in [-0.2, 0) is 39.0 Å². The van der Waals surface area contributed by atoms with Crippen molar-refractivity contribution >= 4 is 31.1 Å². The zero-order chi connectivity index (χ0) is 20.1. The van der Waals surface area contributed by atoms with Crippen LogP contribution in [0.15, 0.2) is 84.9 Å². The number of halogens is 2. The third-order valence-corrected chi connectivity index (χ3v) is 5.17. The first-order valence-electron chi connectivity index (χ1n) is 10.1. The average molecular weight is 551 g/mol. The van der Waals surface area contributed by atoms with Gasteiger partial charge in [0, 0.05) is 9.52 Å². The largest absolute Gasteiger partial charge is 4.00 e. The minimum Gasteiger partial charge on any atom is -1.00 e. The van der Waals surface area contributed by atoms with Gasteiger partial charge in [-0.15, -0.1) is 46.2 Å². The summed E-state index contributed by atoms with van der Waals surface area (Å²) < 4.78 is 0. The molecule has 0 fully saturated rings. The Kier molecular flexibility index (Phi) is 12.5. The molecule has 0 amide bonds. The van der Waals surface area contributed by atoms with Crippen LogP contribution in [-0.4, -0.2) is 9.52 Å². The predicted octanol–water partition coefficient (Wildman–Crippen LogP) is 0.999. The molecule has 0 unspecified atom stereocenters. The van der Waals surface area contributed by atoms with Crippen molar-refractivity contribution in [1.82, 2.24) is 0 Å². The molecule has 6 rings (SSSR count). The Morgan fingerprint density at radius 3 is 1.38 bits per heavy atom. The van der Waals surface area contributed by atoms with Crippen molar-refractivity contribution in [3.05, 3.63) is 119 Å². The topological polar surface area (TPSA) is 0 Å². The van der Waals surface area contributed by atoms with Gasteiger partial charge in [-0.2, -0.15) is 35.4 Å². The van der Waals surface area contributed by atoms with Crippen molar-refractivity contribution in [1.29, 1.82) is 0 Å². The Labute approximate surface area is 226 Å². The summed E-state index contributed by atoms with van der Waals surface area (Å²) in [7, 11) is 1.08. The van der Waals surface area contributed by atoms with E-state index in [2.05, 4.69) is 110 Å². The molecule has 0 aliphatic heterocycles. The summed E-state index contributed by atoms with van der Waals surface area (Å²) in [4.78, 5) is 0. The Hall–Kier alpha value is -1.44. The second-order valence-electron chi connectivity index (χ2n) is 7.25.